The van der Waals surface area contributed by atoms with Crippen molar-refractivity contribution < 1.29 is 27.4 Å². The van der Waals surface area contributed by atoms with Gasteiger partial charge in [0.2, 0.25) is 0 Å². The first-order valence-corrected chi connectivity index (χ1v) is 3.40. The zero-order chi connectivity index (χ0) is 10.5. The Kier molecular flexibility index (Phi) is 4.30. The van der Waals surface area contributed by atoms with Crippen molar-refractivity contribution in [3.05, 3.63) is 11.8 Å². The van der Waals surface area contributed by atoms with Gasteiger partial charge >= 0.3 is 12.1 Å². The van der Waals surface area contributed by atoms with E-state index in [2.05, 4.69) is 9.47 Å². The summed E-state index contributed by atoms with van der Waals surface area (Å²) in [7, 11) is 0.869. The van der Waals surface area contributed by atoms with Crippen LogP contribution >= 0.6 is 0 Å². The Labute approximate surface area is 73.1 Å². The fourth-order valence-corrected chi connectivity index (χ4v) is 0.507. The monoisotopic (exact) mass is 198 g/mol. The molecule has 0 spiro atoms. The topological polar surface area (TPSA) is 35.5 Å². The van der Waals surface area contributed by atoms with Gasteiger partial charge in [-0.1, -0.05) is 0 Å². The van der Waals surface area contributed by atoms with E-state index in [1.807, 2.05) is 0 Å². The zero-order valence-corrected chi connectivity index (χ0v) is 7.14. The summed E-state index contributed by atoms with van der Waals surface area (Å²) < 4.78 is 44.4. The molecule has 0 aromatic rings. The number of carbonyl (C=O) groups excluding carboxylic acids is 1. The minimum atomic E-state index is -4.75. The Morgan fingerprint density at radius 2 is 2.00 bits per heavy atom. The number of halogens is 3. The van der Waals surface area contributed by atoms with Gasteiger partial charge in [0.15, 0.2) is 5.57 Å². The van der Waals surface area contributed by atoms with Gasteiger partial charge in [0.05, 0.1) is 13.7 Å². The second-order valence-corrected chi connectivity index (χ2v) is 1.98. The lowest BCUT2D eigenvalue weighted by atomic mass is 10.3. The van der Waals surface area contributed by atoms with Crippen molar-refractivity contribution in [1.82, 2.24) is 0 Å². The Hall–Kier alpha value is -1.20. The van der Waals surface area contributed by atoms with Gasteiger partial charge in [-0.05, 0) is 6.92 Å². The first-order valence-electron chi connectivity index (χ1n) is 3.40. The lowest BCUT2D eigenvalue weighted by Crippen LogP contribution is -2.21. The number of alkyl halides is 3. The third kappa shape index (κ3) is 3.82. The van der Waals surface area contributed by atoms with Crippen LogP contribution in [0.2, 0.25) is 0 Å². The second kappa shape index (κ2) is 4.74. The van der Waals surface area contributed by atoms with Crippen LogP contribution in [0.25, 0.3) is 0 Å². The van der Waals surface area contributed by atoms with Crippen LogP contribution in [0.5, 0.6) is 0 Å². The maximum atomic E-state index is 12.0. The maximum Gasteiger partial charge on any atom is 0.426 e. The summed E-state index contributed by atoms with van der Waals surface area (Å²) in [5, 5.41) is 0. The highest BCUT2D eigenvalue weighted by atomic mass is 19.4. The van der Waals surface area contributed by atoms with Gasteiger partial charge in [-0.2, -0.15) is 13.2 Å². The summed E-state index contributed by atoms with van der Waals surface area (Å²) in [6.07, 6.45) is -4.39. The standard InChI is InChI=1S/C7H9F3O3/c1-3-13-4-5(6(11)12-2)7(8,9)10/h4H,3H2,1-2H3/b5-4-. The van der Waals surface area contributed by atoms with Gasteiger partial charge in [-0.25, -0.2) is 4.79 Å². The smallest absolute Gasteiger partial charge is 0.426 e. The molecule has 0 aromatic heterocycles. The van der Waals surface area contributed by atoms with Crippen LogP contribution in [0, 0.1) is 0 Å². The van der Waals surface area contributed by atoms with E-state index in [0.29, 0.717) is 6.26 Å². The number of esters is 1. The summed E-state index contributed by atoms with van der Waals surface area (Å²) in [6.45, 7) is 1.55. The molecule has 0 fully saturated rings. The number of carbonyl (C=O) groups is 1. The van der Waals surface area contributed by atoms with E-state index in [-0.39, 0.29) is 6.61 Å². The lowest BCUT2D eigenvalue weighted by molar-refractivity contribution is -0.148. The molecule has 0 aliphatic heterocycles. The molecule has 0 N–H and O–H groups in total. The van der Waals surface area contributed by atoms with Gasteiger partial charge in [0, 0.05) is 0 Å². The van der Waals surface area contributed by atoms with Gasteiger partial charge in [-0.3, -0.25) is 0 Å². The fourth-order valence-electron chi connectivity index (χ4n) is 0.507. The zero-order valence-electron chi connectivity index (χ0n) is 7.14. The van der Waals surface area contributed by atoms with Crippen LogP contribution in [0.1, 0.15) is 6.92 Å². The van der Waals surface area contributed by atoms with Crippen molar-refractivity contribution in [1.29, 1.82) is 0 Å². The third-order valence-corrected chi connectivity index (χ3v) is 1.08. The molecule has 0 saturated heterocycles. The average Bonchev–Trinajstić information content (AvgIpc) is 2.02. The molecule has 0 aromatic carbocycles. The number of hydrogen-bond acceptors (Lipinski definition) is 3. The lowest BCUT2D eigenvalue weighted by Gasteiger charge is -2.08. The molecule has 0 atom stereocenters. The Morgan fingerprint density at radius 1 is 1.46 bits per heavy atom. The molecule has 3 nitrogen and oxygen atoms in total. The highest BCUT2D eigenvalue weighted by molar-refractivity contribution is 5.89. The SMILES string of the molecule is CCO/C=C(/C(=O)OC)C(F)(F)F. The molecule has 0 aliphatic carbocycles. The van der Waals surface area contributed by atoms with Gasteiger partial charge in [0.1, 0.15) is 6.26 Å². The van der Waals surface area contributed by atoms with Gasteiger partial charge < -0.3 is 9.47 Å². The van der Waals surface area contributed by atoms with E-state index in [9.17, 15) is 18.0 Å². The number of hydrogen-bond donors (Lipinski definition) is 0. The largest absolute Gasteiger partial charge is 0.501 e. The van der Waals surface area contributed by atoms with E-state index >= 15 is 0 Å². The van der Waals surface area contributed by atoms with Crippen LogP contribution in [-0.2, 0) is 14.3 Å². The minimum absolute atomic E-state index is 0.0522. The molecule has 0 amide bonds. The van der Waals surface area contributed by atoms with Gasteiger partial charge in [0.25, 0.3) is 0 Å². The van der Waals surface area contributed by atoms with E-state index in [0.717, 1.165) is 7.11 Å². The minimum Gasteiger partial charge on any atom is -0.501 e. The predicted octanol–water partition coefficient (Wildman–Crippen LogP) is 1.64. The molecule has 0 unspecified atom stereocenters. The molecule has 6 heteroatoms. The summed E-state index contributed by atoms with van der Waals surface area (Å²) in [5.74, 6) is -1.46. The van der Waals surface area contributed by atoms with Crippen molar-refractivity contribution in [2.45, 2.75) is 13.1 Å². The molecule has 0 aliphatic rings. The Balaban J connectivity index is 4.66. The number of methoxy groups -OCH3 is 1. The fraction of sp³-hybridized carbons (Fsp3) is 0.571. The highest BCUT2D eigenvalue weighted by Gasteiger charge is 2.40. The predicted molar refractivity (Wildman–Crippen MR) is 37.8 cm³/mol. The van der Waals surface area contributed by atoms with Crippen molar-refractivity contribution in [3.8, 4) is 0 Å². The van der Waals surface area contributed by atoms with Crippen molar-refractivity contribution in [3.63, 3.8) is 0 Å². The summed E-state index contributed by atoms with van der Waals surface area (Å²) in [6, 6.07) is 0. The molecule has 0 saturated carbocycles. The molecule has 13 heavy (non-hydrogen) atoms. The number of ether oxygens (including phenoxy) is 2. The van der Waals surface area contributed by atoms with Gasteiger partial charge in [-0.15, -0.1) is 0 Å². The third-order valence-electron chi connectivity index (χ3n) is 1.08. The summed E-state index contributed by atoms with van der Waals surface area (Å²) >= 11 is 0. The maximum absolute atomic E-state index is 12.0. The Morgan fingerprint density at radius 3 is 2.31 bits per heavy atom. The highest BCUT2D eigenvalue weighted by Crippen LogP contribution is 2.26. The van der Waals surface area contributed by atoms with Crippen LogP contribution < -0.4 is 0 Å². The van der Waals surface area contributed by atoms with E-state index in [1.54, 1.807) is 0 Å². The van der Waals surface area contributed by atoms with Crippen LogP contribution in [0.3, 0.4) is 0 Å². The normalized spacial score (nSPS) is 12.5. The first kappa shape index (κ1) is 11.8. The van der Waals surface area contributed by atoms with Crippen LogP contribution in [0.15, 0.2) is 11.8 Å². The second-order valence-electron chi connectivity index (χ2n) is 1.98. The first-order chi connectivity index (χ1) is 5.93. The van der Waals surface area contributed by atoms with E-state index in [4.69, 9.17) is 0 Å². The molecule has 0 rings (SSSR count). The van der Waals surface area contributed by atoms with E-state index < -0.39 is 17.7 Å². The molecule has 76 valence electrons. The van der Waals surface area contributed by atoms with E-state index in [1.165, 1.54) is 6.92 Å². The Bertz CT molecular complexity index is 208. The van der Waals surface area contributed by atoms with Crippen molar-refractivity contribution >= 4 is 5.97 Å². The quantitative estimate of drug-likeness (QED) is 0.393. The molecule has 0 radical (unpaired) electrons. The average molecular weight is 198 g/mol. The summed E-state index contributed by atoms with van der Waals surface area (Å²) in [4.78, 5) is 10.6. The van der Waals surface area contributed by atoms with Crippen molar-refractivity contribution in [2.75, 3.05) is 13.7 Å². The molecular formula is C7H9F3O3. The van der Waals surface area contributed by atoms with Crippen LogP contribution in [0.4, 0.5) is 13.2 Å². The molecular weight excluding hydrogens is 189 g/mol. The van der Waals surface area contributed by atoms with Crippen LogP contribution in [-0.4, -0.2) is 25.9 Å². The summed E-state index contributed by atoms with van der Waals surface area (Å²) in [5.41, 5.74) is -1.45. The van der Waals surface area contributed by atoms with Crippen molar-refractivity contribution in [2.24, 2.45) is 0 Å². The number of rotatable bonds is 3. The molecule has 0 heterocycles. The molecule has 0 bridgehead atoms.